The number of fused-ring (bicyclic) bond motifs is 1. The second-order valence-electron chi connectivity index (χ2n) is 5.56. The van der Waals surface area contributed by atoms with Crippen molar-refractivity contribution in [3.63, 3.8) is 0 Å². The van der Waals surface area contributed by atoms with Gasteiger partial charge in [-0.05, 0) is 44.0 Å². The zero-order valence-corrected chi connectivity index (χ0v) is 13.3. The molecular weight excluding hydrogens is 264 g/mol. The van der Waals surface area contributed by atoms with E-state index in [1.54, 1.807) is 0 Å². The Labute approximate surface area is 126 Å². The van der Waals surface area contributed by atoms with Crippen molar-refractivity contribution in [3.05, 3.63) is 41.7 Å². The smallest absolute Gasteiger partial charge is 0.244 e. The molecule has 21 heavy (non-hydrogen) atoms. The Bertz CT molecular complexity index is 644. The lowest BCUT2D eigenvalue weighted by molar-refractivity contribution is -0.645. The van der Waals surface area contributed by atoms with Crippen molar-refractivity contribution in [3.8, 4) is 0 Å². The first-order valence-corrected chi connectivity index (χ1v) is 7.35. The lowest BCUT2D eigenvalue weighted by Crippen LogP contribution is -2.27. The molecule has 0 spiro atoms. The summed E-state index contributed by atoms with van der Waals surface area (Å²) in [5, 5.41) is 10.1. The molecule has 1 heterocycles. The average molecular weight is 289 g/mol. The lowest BCUT2D eigenvalue weighted by atomic mass is 10.1. The summed E-state index contributed by atoms with van der Waals surface area (Å²) >= 11 is 0. The number of rotatable bonds is 6. The van der Waals surface area contributed by atoms with E-state index in [0.29, 0.717) is 19.8 Å². The van der Waals surface area contributed by atoms with Crippen LogP contribution < -0.4 is 4.57 Å². The standard InChI is InChI=1S/C17H25N2O2/c1-5-6-7-21-11-15(20)10-19-12-18(4)16-8-13(2)14(3)9-17(16)19/h5-6,8-9,12,15,20H,7,10-11H2,1-4H3/q+1/b6-5+. The third kappa shape index (κ3) is 3.71. The molecular formula is C17H25N2O2+. The van der Waals surface area contributed by atoms with Crippen molar-refractivity contribution in [2.75, 3.05) is 13.2 Å². The summed E-state index contributed by atoms with van der Waals surface area (Å²) in [6.45, 7) is 7.62. The largest absolute Gasteiger partial charge is 0.387 e. The fourth-order valence-electron chi connectivity index (χ4n) is 2.43. The van der Waals surface area contributed by atoms with Crippen LogP contribution in [0.15, 0.2) is 30.6 Å². The van der Waals surface area contributed by atoms with Crippen molar-refractivity contribution in [2.24, 2.45) is 7.05 Å². The highest BCUT2D eigenvalue weighted by atomic mass is 16.5. The molecule has 0 amide bonds. The summed E-state index contributed by atoms with van der Waals surface area (Å²) in [4.78, 5) is 0. The molecule has 4 heteroatoms. The van der Waals surface area contributed by atoms with Gasteiger partial charge in [0, 0.05) is 0 Å². The van der Waals surface area contributed by atoms with Gasteiger partial charge < -0.3 is 9.84 Å². The first kappa shape index (κ1) is 15.7. The van der Waals surface area contributed by atoms with Crippen LogP contribution in [0.4, 0.5) is 0 Å². The Hall–Kier alpha value is -1.65. The molecule has 0 aliphatic rings. The zero-order valence-electron chi connectivity index (χ0n) is 13.3. The molecule has 0 fully saturated rings. The number of aliphatic hydroxyl groups excluding tert-OH is 1. The minimum absolute atomic E-state index is 0.346. The van der Waals surface area contributed by atoms with Crippen LogP contribution >= 0.6 is 0 Å². The van der Waals surface area contributed by atoms with Crippen LogP contribution in [-0.4, -0.2) is 29.0 Å². The summed E-state index contributed by atoms with van der Waals surface area (Å²) in [7, 11) is 2.03. The second kappa shape index (κ2) is 6.87. The van der Waals surface area contributed by atoms with Gasteiger partial charge in [-0.2, -0.15) is 0 Å². The number of aryl methyl sites for hydroxylation is 3. The maximum atomic E-state index is 10.1. The average Bonchev–Trinajstić information content (AvgIpc) is 2.72. The van der Waals surface area contributed by atoms with Gasteiger partial charge in [-0.1, -0.05) is 12.2 Å². The molecule has 1 aromatic heterocycles. The molecule has 0 aliphatic heterocycles. The van der Waals surface area contributed by atoms with Crippen LogP contribution in [0.3, 0.4) is 0 Å². The van der Waals surface area contributed by atoms with E-state index in [4.69, 9.17) is 4.74 Å². The molecule has 1 N–H and O–H groups in total. The van der Waals surface area contributed by atoms with E-state index in [0.717, 1.165) is 5.52 Å². The summed E-state index contributed by atoms with van der Waals surface area (Å²) in [6.07, 6.45) is 5.40. The van der Waals surface area contributed by atoms with E-state index in [1.807, 2.05) is 32.5 Å². The van der Waals surface area contributed by atoms with Crippen LogP contribution in [0.1, 0.15) is 18.1 Å². The number of ether oxygens (including phenoxy) is 1. The molecule has 4 nitrogen and oxygen atoms in total. The molecule has 1 unspecified atom stereocenters. The third-order valence-corrected chi connectivity index (χ3v) is 3.76. The Kier molecular flexibility index (Phi) is 5.15. The van der Waals surface area contributed by atoms with Crippen molar-refractivity contribution >= 4 is 11.0 Å². The van der Waals surface area contributed by atoms with Crippen molar-refractivity contribution in [1.82, 2.24) is 4.57 Å². The zero-order chi connectivity index (χ0) is 15.4. The first-order chi connectivity index (χ1) is 10.0. The van der Waals surface area contributed by atoms with Crippen molar-refractivity contribution < 1.29 is 14.4 Å². The number of allylic oxidation sites excluding steroid dienone is 1. The molecule has 0 saturated carbocycles. The van der Waals surface area contributed by atoms with E-state index in [1.165, 1.54) is 16.6 Å². The molecule has 2 aromatic rings. The summed E-state index contributed by atoms with van der Waals surface area (Å²) in [5.41, 5.74) is 4.88. The number of hydrogen-bond donors (Lipinski definition) is 1. The summed E-state index contributed by atoms with van der Waals surface area (Å²) in [6, 6.07) is 4.37. The Balaban J connectivity index is 2.13. The van der Waals surface area contributed by atoms with E-state index in [-0.39, 0.29) is 0 Å². The SMILES string of the molecule is C/C=C/COCC(O)Cn1c[n+](C)c2cc(C)c(C)cc21. The molecule has 0 radical (unpaired) electrons. The number of aromatic nitrogens is 2. The van der Waals surface area contributed by atoms with Crippen molar-refractivity contribution in [2.45, 2.75) is 33.4 Å². The number of imidazole rings is 1. The maximum absolute atomic E-state index is 10.1. The number of benzene rings is 1. The van der Waals surface area contributed by atoms with E-state index in [2.05, 4.69) is 35.1 Å². The molecule has 2 rings (SSSR count). The van der Waals surface area contributed by atoms with Crippen LogP contribution in [0.2, 0.25) is 0 Å². The van der Waals surface area contributed by atoms with Gasteiger partial charge >= 0.3 is 0 Å². The Morgan fingerprint density at radius 2 is 2.05 bits per heavy atom. The van der Waals surface area contributed by atoms with E-state index < -0.39 is 6.10 Å². The van der Waals surface area contributed by atoms with Crippen molar-refractivity contribution in [1.29, 1.82) is 0 Å². The molecule has 1 atom stereocenters. The van der Waals surface area contributed by atoms with Gasteiger partial charge in [0.2, 0.25) is 6.33 Å². The monoisotopic (exact) mass is 289 g/mol. The highest BCUT2D eigenvalue weighted by Crippen LogP contribution is 2.17. The molecule has 1 aromatic carbocycles. The summed E-state index contributed by atoms with van der Waals surface area (Å²) < 4.78 is 9.59. The Morgan fingerprint density at radius 1 is 1.33 bits per heavy atom. The minimum atomic E-state index is -0.507. The van der Waals surface area contributed by atoms with E-state index in [9.17, 15) is 5.11 Å². The highest BCUT2D eigenvalue weighted by molar-refractivity contribution is 5.74. The van der Waals surface area contributed by atoms with E-state index >= 15 is 0 Å². The summed E-state index contributed by atoms with van der Waals surface area (Å²) in [5.74, 6) is 0. The van der Waals surface area contributed by atoms with Crippen LogP contribution in [0.5, 0.6) is 0 Å². The Morgan fingerprint density at radius 3 is 2.76 bits per heavy atom. The van der Waals surface area contributed by atoms with Crippen LogP contribution in [0, 0.1) is 13.8 Å². The van der Waals surface area contributed by atoms with Crippen LogP contribution in [-0.2, 0) is 18.3 Å². The molecule has 114 valence electrons. The minimum Gasteiger partial charge on any atom is -0.387 e. The van der Waals surface area contributed by atoms with Gasteiger partial charge in [0.25, 0.3) is 0 Å². The molecule has 0 bridgehead atoms. The van der Waals surface area contributed by atoms with Gasteiger partial charge in [0.05, 0.1) is 20.3 Å². The van der Waals surface area contributed by atoms with Gasteiger partial charge in [0.15, 0.2) is 11.0 Å². The molecule has 0 saturated heterocycles. The number of nitrogens with zero attached hydrogens (tertiary/aromatic N) is 2. The van der Waals surface area contributed by atoms with Gasteiger partial charge in [-0.25, -0.2) is 9.13 Å². The topological polar surface area (TPSA) is 38.3 Å². The first-order valence-electron chi connectivity index (χ1n) is 7.35. The third-order valence-electron chi connectivity index (χ3n) is 3.76. The fraction of sp³-hybridized carbons (Fsp3) is 0.471. The number of aliphatic hydroxyl groups is 1. The fourth-order valence-corrected chi connectivity index (χ4v) is 2.43. The normalized spacial score (nSPS) is 13.4. The number of hydrogen-bond acceptors (Lipinski definition) is 2. The van der Waals surface area contributed by atoms with Crippen LogP contribution in [0.25, 0.3) is 11.0 Å². The van der Waals surface area contributed by atoms with Gasteiger partial charge in [0.1, 0.15) is 12.6 Å². The maximum Gasteiger partial charge on any atom is 0.244 e. The lowest BCUT2D eigenvalue weighted by Gasteiger charge is -2.08. The van der Waals surface area contributed by atoms with Gasteiger partial charge in [-0.15, -0.1) is 0 Å². The highest BCUT2D eigenvalue weighted by Gasteiger charge is 2.17. The predicted octanol–water partition coefficient (Wildman–Crippen LogP) is 2.04. The predicted molar refractivity (Wildman–Crippen MR) is 84.2 cm³/mol. The molecule has 0 aliphatic carbocycles. The quantitative estimate of drug-likeness (QED) is 0.502. The second-order valence-corrected chi connectivity index (χ2v) is 5.56. The van der Waals surface area contributed by atoms with Gasteiger partial charge in [-0.3, -0.25) is 0 Å².